The van der Waals surface area contributed by atoms with Crippen molar-refractivity contribution in [2.45, 2.75) is 26.8 Å². The molecule has 0 bridgehead atoms. The van der Waals surface area contributed by atoms with E-state index in [-0.39, 0.29) is 11.9 Å². The minimum atomic E-state index is -0.0562. The molecule has 1 unspecified atom stereocenters. The van der Waals surface area contributed by atoms with Crippen molar-refractivity contribution in [1.29, 1.82) is 0 Å². The number of hydrogen-bond acceptors (Lipinski definition) is 2. The highest BCUT2D eigenvalue weighted by Crippen LogP contribution is 2.02. The monoisotopic (exact) mass is 192 g/mol. The smallest absolute Gasteiger partial charge is 0.253 e. The Bertz CT molecular complexity index is 295. The average Bonchev–Trinajstić information content (AvgIpc) is 2.19. The second kappa shape index (κ2) is 4.74. The van der Waals surface area contributed by atoms with Crippen molar-refractivity contribution in [2.24, 2.45) is 5.92 Å². The van der Waals surface area contributed by atoms with Crippen LogP contribution in [0, 0.1) is 5.92 Å². The van der Waals surface area contributed by atoms with Gasteiger partial charge in [-0.25, -0.2) is 0 Å². The van der Waals surface area contributed by atoms with Crippen molar-refractivity contribution in [3.63, 3.8) is 0 Å². The lowest BCUT2D eigenvalue weighted by molar-refractivity contribution is 0.0930. The molecular formula is C11H16N2O. The molecule has 3 nitrogen and oxygen atoms in total. The highest BCUT2D eigenvalue weighted by Gasteiger charge is 2.11. The van der Waals surface area contributed by atoms with E-state index in [2.05, 4.69) is 24.1 Å². The third kappa shape index (κ3) is 2.83. The highest BCUT2D eigenvalue weighted by molar-refractivity contribution is 5.93. The SMILES string of the molecule is CC(C)C(C)NC(=O)c1cccnc1. The molecule has 0 saturated carbocycles. The number of rotatable bonds is 3. The van der Waals surface area contributed by atoms with Crippen LogP contribution in [0.5, 0.6) is 0 Å². The summed E-state index contributed by atoms with van der Waals surface area (Å²) in [5.74, 6) is 0.384. The van der Waals surface area contributed by atoms with Crippen LogP contribution in [0.3, 0.4) is 0 Å². The normalized spacial score (nSPS) is 12.6. The standard InChI is InChI=1S/C11H16N2O/c1-8(2)9(3)13-11(14)10-5-4-6-12-7-10/h4-9H,1-3H3,(H,13,14). The third-order valence-electron chi connectivity index (χ3n) is 2.28. The molecular weight excluding hydrogens is 176 g/mol. The molecule has 1 heterocycles. The quantitative estimate of drug-likeness (QED) is 0.794. The predicted octanol–water partition coefficient (Wildman–Crippen LogP) is 1.86. The number of carbonyl (C=O) groups excluding carboxylic acids is 1. The molecule has 1 aromatic heterocycles. The van der Waals surface area contributed by atoms with Gasteiger partial charge >= 0.3 is 0 Å². The van der Waals surface area contributed by atoms with Gasteiger partial charge in [0.2, 0.25) is 0 Å². The van der Waals surface area contributed by atoms with Crippen LogP contribution in [-0.2, 0) is 0 Å². The van der Waals surface area contributed by atoms with E-state index in [9.17, 15) is 4.79 Å². The Kier molecular flexibility index (Phi) is 3.63. The van der Waals surface area contributed by atoms with Crippen LogP contribution in [0.2, 0.25) is 0 Å². The molecule has 0 fully saturated rings. The van der Waals surface area contributed by atoms with Crippen molar-refractivity contribution in [2.75, 3.05) is 0 Å². The van der Waals surface area contributed by atoms with Crippen molar-refractivity contribution in [3.8, 4) is 0 Å². The summed E-state index contributed by atoms with van der Waals surface area (Å²) in [6.45, 7) is 6.15. The number of nitrogens with one attached hydrogen (secondary N) is 1. The first-order chi connectivity index (χ1) is 6.61. The lowest BCUT2D eigenvalue weighted by Crippen LogP contribution is -2.36. The molecule has 14 heavy (non-hydrogen) atoms. The van der Waals surface area contributed by atoms with E-state index >= 15 is 0 Å². The molecule has 1 atom stereocenters. The van der Waals surface area contributed by atoms with Crippen molar-refractivity contribution >= 4 is 5.91 Å². The summed E-state index contributed by atoms with van der Waals surface area (Å²) in [6.07, 6.45) is 3.23. The number of hydrogen-bond donors (Lipinski definition) is 1. The summed E-state index contributed by atoms with van der Waals surface area (Å²) in [7, 11) is 0. The highest BCUT2D eigenvalue weighted by atomic mass is 16.1. The second-order valence-corrected chi connectivity index (χ2v) is 3.75. The Morgan fingerprint density at radius 3 is 2.64 bits per heavy atom. The van der Waals surface area contributed by atoms with Crippen molar-refractivity contribution in [1.82, 2.24) is 10.3 Å². The molecule has 1 amide bonds. The van der Waals surface area contributed by atoms with Gasteiger partial charge < -0.3 is 5.32 Å². The third-order valence-corrected chi connectivity index (χ3v) is 2.28. The van der Waals surface area contributed by atoms with E-state index in [1.165, 1.54) is 0 Å². The Hall–Kier alpha value is -1.38. The van der Waals surface area contributed by atoms with Gasteiger partial charge in [-0.3, -0.25) is 9.78 Å². The lowest BCUT2D eigenvalue weighted by Gasteiger charge is -2.17. The summed E-state index contributed by atoms with van der Waals surface area (Å²) in [5, 5.41) is 2.92. The fraction of sp³-hybridized carbons (Fsp3) is 0.455. The Morgan fingerprint density at radius 2 is 2.14 bits per heavy atom. The fourth-order valence-corrected chi connectivity index (χ4v) is 0.954. The van der Waals surface area contributed by atoms with E-state index in [1.807, 2.05) is 6.92 Å². The maximum atomic E-state index is 11.6. The molecule has 1 aromatic rings. The molecule has 3 heteroatoms. The summed E-state index contributed by atoms with van der Waals surface area (Å²) in [4.78, 5) is 15.5. The summed E-state index contributed by atoms with van der Waals surface area (Å²) >= 11 is 0. The van der Waals surface area contributed by atoms with Gasteiger partial charge in [-0.05, 0) is 25.0 Å². The molecule has 1 rings (SSSR count). The van der Waals surface area contributed by atoms with Gasteiger partial charge in [-0.15, -0.1) is 0 Å². The topological polar surface area (TPSA) is 42.0 Å². The number of nitrogens with zero attached hydrogens (tertiary/aromatic N) is 1. The van der Waals surface area contributed by atoms with Crippen LogP contribution in [-0.4, -0.2) is 16.9 Å². The molecule has 0 aromatic carbocycles. The molecule has 0 spiro atoms. The molecule has 76 valence electrons. The first kappa shape index (κ1) is 10.7. The minimum absolute atomic E-state index is 0.0562. The Balaban J connectivity index is 2.60. The van der Waals surface area contributed by atoms with Crippen LogP contribution in [0.1, 0.15) is 31.1 Å². The average molecular weight is 192 g/mol. The number of pyridine rings is 1. The molecule has 0 aliphatic rings. The van der Waals surface area contributed by atoms with Crippen molar-refractivity contribution < 1.29 is 4.79 Å². The van der Waals surface area contributed by atoms with E-state index in [0.717, 1.165) is 0 Å². The maximum Gasteiger partial charge on any atom is 0.253 e. The molecule has 0 saturated heterocycles. The molecule has 0 aliphatic heterocycles. The number of aromatic nitrogens is 1. The zero-order valence-corrected chi connectivity index (χ0v) is 8.82. The molecule has 0 radical (unpaired) electrons. The van der Waals surface area contributed by atoms with Gasteiger partial charge in [0, 0.05) is 18.4 Å². The predicted molar refractivity (Wildman–Crippen MR) is 56.0 cm³/mol. The van der Waals surface area contributed by atoms with E-state index in [0.29, 0.717) is 11.5 Å². The van der Waals surface area contributed by atoms with Crippen LogP contribution in [0.25, 0.3) is 0 Å². The van der Waals surface area contributed by atoms with Crippen molar-refractivity contribution in [3.05, 3.63) is 30.1 Å². The fourth-order valence-electron chi connectivity index (χ4n) is 0.954. The lowest BCUT2D eigenvalue weighted by atomic mass is 10.1. The van der Waals surface area contributed by atoms with E-state index in [1.54, 1.807) is 24.5 Å². The zero-order valence-electron chi connectivity index (χ0n) is 8.82. The maximum absolute atomic E-state index is 11.6. The van der Waals surface area contributed by atoms with Gasteiger partial charge in [0.05, 0.1) is 5.56 Å². The van der Waals surface area contributed by atoms with Gasteiger partial charge in [-0.2, -0.15) is 0 Å². The van der Waals surface area contributed by atoms with Crippen LogP contribution in [0.15, 0.2) is 24.5 Å². The van der Waals surface area contributed by atoms with Gasteiger partial charge in [0.1, 0.15) is 0 Å². The Morgan fingerprint density at radius 1 is 1.43 bits per heavy atom. The minimum Gasteiger partial charge on any atom is -0.349 e. The largest absolute Gasteiger partial charge is 0.349 e. The molecule has 0 aliphatic carbocycles. The Labute approximate surface area is 84.6 Å². The number of carbonyl (C=O) groups is 1. The van der Waals surface area contributed by atoms with Gasteiger partial charge in [-0.1, -0.05) is 13.8 Å². The number of amides is 1. The molecule has 1 N–H and O–H groups in total. The first-order valence-electron chi connectivity index (χ1n) is 4.82. The van der Waals surface area contributed by atoms with E-state index < -0.39 is 0 Å². The van der Waals surface area contributed by atoms with Crippen LogP contribution in [0.4, 0.5) is 0 Å². The van der Waals surface area contributed by atoms with Gasteiger partial charge in [0.25, 0.3) is 5.91 Å². The second-order valence-electron chi connectivity index (χ2n) is 3.75. The van der Waals surface area contributed by atoms with Crippen LogP contribution >= 0.6 is 0 Å². The summed E-state index contributed by atoms with van der Waals surface area (Å²) in [5.41, 5.74) is 0.611. The zero-order chi connectivity index (χ0) is 10.6. The first-order valence-corrected chi connectivity index (χ1v) is 4.82. The van der Waals surface area contributed by atoms with Crippen LogP contribution < -0.4 is 5.32 Å². The van der Waals surface area contributed by atoms with Gasteiger partial charge in [0.15, 0.2) is 0 Å². The summed E-state index contributed by atoms with van der Waals surface area (Å²) in [6, 6.07) is 3.70. The summed E-state index contributed by atoms with van der Waals surface area (Å²) < 4.78 is 0. The van der Waals surface area contributed by atoms with E-state index in [4.69, 9.17) is 0 Å².